The minimum atomic E-state index is -4.84. The zero-order valence-electron chi connectivity index (χ0n) is 13.3. The number of rotatable bonds is 6. The van der Waals surface area contributed by atoms with E-state index in [9.17, 15) is 13.9 Å². The summed E-state index contributed by atoms with van der Waals surface area (Å²) in [6.45, 7) is 1.98. The maximum atomic E-state index is 11.1. The lowest BCUT2D eigenvalue weighted by atomic mass is 10.2. The predicted molar refractivity (Wildman–Crippen MR) is 89.7 cm³/mol. The van der Waals surface area contributed by atoms with E-state index >= 15 is 0 Å². The second-order valence-corrected chi connectivity index (χ2v) is 7.17. The molecule has 0 saturated heterocycles. The standard InChI is InChI=1S/C15H16N2O5S2/c1-10-4-6-11(7-5-10)23-15-9-13(21-2)12(8-14(15)22-3)17(16)24(18,19)20/h4-9H,1-3H3,(H,18,19,20). The summed E-state index contributed by atoms with van der Waals surface area (Å²) < 4.78 is 41.4. The number of benzene rings is 2. The van der Waals surface area contributed by atoms with E-state index in [1.807, 2.05) is 31.2 Å². The van der Waals surface area contributed by atoms with Crippen molar-refractivity contribution in [3.63, 3.8) is 0 Å². The van der Waals surface area contributed by atoms with Crippen LogP contribution >= 0.6 is 11.8 Å². The normalized spacial score (nSPS) is 11.2. The molecule has 0 amide bonds. The minimum Gasteiger partial charge on any atom is -0.495 e. The van der Waals surface area contributed by atoms with E-state index in [0.29, 0.717) is 10.6 Å². The molecule has 24 heavy (non-hydrogen) atoms. The van der Waals surface area contributed by atoms with Crippen molar-refractivity contribution < 1.29 is 26.5 Å². The van der Waals surface area contributed by atoms with E-state index in [1.54, 1.807) is 0 Å². The van der Waals surface area contributed by atoms with Crippen LogP contribution in [0.25, 0.3) is 5.53 Å². The molecule has 0 unspecified atom stereocenters. The van der Waals surface area contributed by atoms with Gasteiger partial charge in [0.25, 0.3) is 5.69 Å². The van der Waals surface area contributed by atoms with Crippen molar-refractivity contribution in [2.45, 2.75) is 16.7 Å². The maximum absolute atomic E-state index is 11.1. The summed E-state index contributed by atoms with van der Waals surface area (Å²) in [6.07, 6.45) is 0. The van der Waals surface area contributed by atoms with Gasteiger partial charge in [0.15, 0.2) is 5.75 Å². The molecule has 0 bridgehead atoms. The molecule has 0 fully saturated rings. The van der Waals surface area contributed by atoms with Crippen molar-refractivity contribution in [1.29, 1.82) is 0 Å². The summed E-state index contributed by atoms with van der Waals surface area (Å²) in [5, 5.41) is 0. The highest BCUT2D eigenvalue weighted by Gasteiger charge is 2.25. The van der Waals surface area contributed by atoms with E-state index in [-0.39, 0.29) is 15.5 Å². The Kier molecular flexibility index (Phi) is 5.47. The number of ether oxygens (including phenoxy) is 2. The van der Waals surface area contributed by atoms with Gasteiger partial charge in [0.05, 0.1) is 25.2 Å². The first-order valence-electron chi connectivity index (χ1n) is 6.73. The van der Waals surface area contributed by atoms with Crippen LogP contribution in [-0.2, 0) is 10.3 Å². The fraction of sp³-hybridized carbons (Fsp3) is 0.200. The summed E-state index contributed by atoms with van der Waals surface area (Å²) in [5.74, 6) is 0.379. The lowest BCUT2D eigenvalue weighted by molar-refractivity contribution is -0.299. The molecule has 0 spiro atoms. The van der Waals surface area contributed by atoms with Crippen LogP contribution in [0.15, 0.2) is 46.2 Å². The summed E-state index contributed by atoms with van der Waals surface area (Å²) >= 11 is 1.39. The van der Waals surface area contributed by atoms with Crippen molar-refractivity contribution in [3.05, 3.63) is 47.5 Å². The van der Waals surface area contributed by atoms with Crippen molar-refractivity contribution in [2.75, 3.05) is 14.2 Å². The highest BCUT2D eigenvalue weighted by Crippen LogP contribution is 2.42. The lowest BCUT2D eigenvalue weighted by Crippen LogP contribution is -2.12. The van der Waals surface area contributed by atoms with Crippen LogP contribution in [0.1, 0.15) is 5.56 Å². The molecule has 0 aliphatic carbocycles. The molecule has 0 aliphatic heterocycles. The number of methoxy groups -OCH3 is 2. The van der Waals surface area contributed by atoms with E-state index in [0.717, 1.165) is 10.5 Å². The van der Waals surface area contributed by atoms with Gasteiger partial charge in [-0.2, -0.15) is 0 Å². The quantitative estimate of drug-likeness (QED) is 0.475. The third-order valence-electron chi connectivity index (χ3n) is 3.14. The molecule has 0 aliphatic rings. The van der Waals surface area contributed by atoms with Gasteiger partial charge in [0.1, 0.15) is 5.75 Å². The van der Waals surface area contributed by atoms with Crippen molar-refractivity contribution >= 4 is 27.8 Å². The van der Waals surface area contributed by atoms with Gasteiger partial charge in [-0.05, 0) is 19.1 Å². The minimum absolute atomic E-state index is 0.0607. The molecule has 128 valence electrons. The van der Waals surface area contributed by atoms with Crippen LogP contribution < -0.4 is 9.47 Å². The van der Waals surface area contributed by atoms with Crippen LogP contribution in [-0.4, -0.2) is 31.3 Å². The van der Waals surface area contributed by atoms with E-state index in [1.165, 1.54) is 38.1 Å². The Bertz CT molecular complexity index is 864. The van der Waals surface area contributed by atoms with Crippen LogP contribution in [0.4, 0.5) is 5.69 Å². The van der Waals surface area contributed by atoms with Gasteiger partial charge in [0.2, 0.25) is 0 Å². The fourth-order valence-electron chi connectivity index (χ4n) is 1.94. The van der Waals surface area contributed by atoms with E-state index < -0.39 is 10.3 Å². The van der Waals surface area contributed by atoms with Gasteiger partial charge < -0.3 is 15.0 Å². The molecule has 2 rings (SSSR count). The van der Waals surface area contributed by atoms with Crippen LogP contribution in [0.5, 0.6) is 11.5 Å². The van der Waals surface area contributed by atoms with E-state index in [2.05, 4.69) is 0 Å². The Morgan fingerprint density at radius 2 is 1.67 bits per heavy atom. The van der Waals surface area contributed by atoms with Gasteiger partial charge in [-0.25, -0.2) is 4.55 Å². The number of aryl methyl sites for hydroxylation is 1. The lowest BCUT2D eigenvalue weighted by Gasteiger charge is -2.13. The molecule has 0 saturated carbocycles. The Morgan fingerprint density at radius 1 is 1.08 bits per heavy atom. The summed E-state index contributed by atoms with van der Waals surface area (Å²) in [4.78, 5) is 1.61. The molecule has 0 radical (unpaired) electrons. The first-order chi connectivity index (χ1) is 11.3. The van der Waals surface area contributed by atoms with Gasteiger partial charge in [-0.3, -0.25) is 0 Å². The average Bonchev–Trinajstić information content (AvgIpc) is 2.55. The average molecular weight is 368 g/mol. The summed E-state index contributed by atoms with van der Waals surface area (Å²) in [7, 11) is -2.10. The second-order valence-electron chi connectivity index (χ2n) is 4.81. The molecule has 0 heterocycles. The van der Waals surface area contributed by atoms with Gasteiger partial charge >= 0.3 is 10.3 Å². The van der Waals surface area contributed by atoms with Crippen molar-refractivity contribution in [3.8, 4) is 11.5 Å². The molecule has 2 aromatic carbocycles. The topological polar surface area (TPSA) is 98.1 Å². The Morgan fingerprint density at radius 3 is 2.17 bits per heavy atom. The maximum Gasteiger partial charge on any atom is 0.501 e. The fourth-order valence-corrected chi connectivity index (χ4v) is 3.27. The third kappa shape index (κ3) is 4.05. The molecule has 0 aromatic heterocycles. The first-order valence-corrected chi connectivity index (χ1v) is 8.94. The molecule has 2 aromatic rings. The summed E-state index contributed by atoms with van der Waals surface area (Å²) in [5.41, 5.74) is 10.5. The zero-order chi connectivity index (χ0) is 17.9. The zero-order valence-corrected chi connectivity index (χ0v) is 14.9. The smallest absolute Gasteiger partial charge is 0.495 e. The monoisotopic (exact) mass is 368 g/mol. The van der Waals surface area contributed by atoms with E-state index in [4.69, 9.17) is 14.0 Å². The first kappa shape index (κ1) is 18.2. The van der Waals surface area contributed by atoms with Crippen LogP contribution in [0.2, 0.25) is 0 Å². The predicted octanol–water partition coefficient (Wildman–Crippen LogP) is 3.63. The van der Waals surface area contributed by atoms with Crippen LogP contribution in [0.3, 0.4) is 0 Å². The van der Waals surface area contributed by atoms with Crippen molar-refractivity contribution in [1.82, 2.24) is 0 Å². The Balaban J connectivity index is 2.50. The molecular formula is C15H16N2O5S2. The van der Waals surface area contributed by atoms with Crippen molar-refractivity contribution in [2.24, 2.45) is 0 Å². The van der Waals surface area contributed by atoms with Crippen LogP contribution in [0, 0.1) is 6.92 Å². The highest BCUT2D eigenvalue weighted by molar-refractivity contribution is 7.99. The number of hydrogen-bond donors (Lipinski definition) is 1. The molecule has 0 atom stereocenters. The number of nitrogens with zero attached hydrogens (tertiary/aromatic N) is 2. The third-order valence-corrected chi connectivity index (χ3v) is 4.82. The summed E-state index contributed by atoms with van der Waals surface area (Å²) in [6, 6.07) is 10.6. The molecular weight excluding hydrogens is 352 g/mol. The molecule has 9 heteroatoms. The van der Waals surface area contributed by atoms with Gasteiger partial charge in [-0.1, -0.05) is 29.5 Å². The Labute approximate surface area is 144 Å². The largest absolute Gasteiger partial charge is 0.501 e. The number of hydrogen-bond acceptors (Lipinski definition) is 5. The SMILES string of the molecule is COc1cc([N+](=[N-])S(=O)(=O)O)c(OC)cc1Sc1ccc(C)cc1. The van der Waals surface area contributed by atoms with Gasteiger partial charge in [0, 0.05) is 11.0 Å². The Hall–Kier alpha value is -2.10. The molecule has 7 nitrogen and oxygen atoms in total. The highest BCUT2D eigenvalue weighted by atomic mass is 32.2. The molecule has 1 N–H and O–H groups in total. The van der Waals surface area contributed by atoms with Gasteiger partial charge in [-0.15, -0.1) is 12.5 Å². The second kappa shape index (κ2) is 7.20.